The van der Waals surface area contributed by atoms with E-state index in [0.717, 1.165) is 17.8 Å². The number of aryl methyl sites for hydroxylation is 2. The number of carbonyl (C=O) groups is 1. The van der Waals surface area contributed by atoms with E-state index in [1.807, 2.05) is 31.6 Å². The largest absolute Gasteiger partial charge is 0.480 e. The number of aromatic nitrogens is 2. The van der Waals surface area contributed by atoms with E-state index >= 15 is 0 Å². The van der Waals surface area contributed by atoms with Gasteiger partial charge in [-0.2, -0.15) is 5.10 Å². The quantitative estimate of drug-likeness (QED) is 0.776. The van der Waals surface area contributed by atoms with E-state index in [0.29, 0.717) is 19.4 Å². The Morgan fingerprint density at radius 3 is 2.44 bits per heavy atom. The minimum atomic E-state index is -0.837. The SMILES string of the molecule is CCc1cc(CNC(CC)(CC)C(=O)O)n(C)n1. The third-order valence-corrected chi connectivity index (χ3v) is 3.61. The lowest BCUT2D eigenvalue weighted by atomic mass is 9.93. The van der Waals surface area contributed by atoms with Crippen LogP contribution in [0, 0.1) is 0 Å². The summed E-state index contributed by atoms with van der Waals surface area (Å²) < 4.78 is 1.81. The van der Waals surface area contributed by atoms with Crippen LogP contribution in [0.15, 0.2) is 6.07 Å². The third kappa shape index (κ3) is 2.90. The lowest BCUT2D eigenvalue weighted by Gasteiger charge is -2.28. The molecule has 0 amide bonds. The summed E-state index contributed by atoms with van der Waals surface area (Å²) in [6.45, 7) is 6.37. The minimum Gasteiger partial charge on any atom is -0.480 e. The van der Waals surface area contributed by atoms with Gasteiger partial charge in [-0.1, -0.05) is 20.8 Å². The van der Waals surface area contributed by atoms with Crippen molar-refractivity contribution in [3.05, 3.63) is 17.5 Å². The summed E-state index contributed by atoms with van der Waals surface area (Å²) in [6, 6.07) is 2.02. The molecule has 0 radical (unpaired) electrons. The molecule has 0 spiro atoms. The molecule has 0 fully saturated rings. The predicted octanol–water partition coefficient (Wildman–Crippen LogP) is 1.72. The molecule has 1 rings (SSSR count). The maximum atomic E-state index is 11.4. The van der Waals surface area contributed by atoms with Crippen LogP contribution in [-0.2, 0) is 24.8 Å². The molecular weight excluding hydrogens is 230 g/mol. The van der Waals surface area contributed by atoms with Gasteiger partial charge in [-0.25, -0.2) is 0 Å². The van der Waals surface area contributed by atoms with Gasteiger partial charge >= 0.3 is 5.97 Å². The van der Waals surface area contributed by atoms with E-state index in [1.54, 1.807) is 0 Å². The van der Waals surface area contributed by atoms with Crippen molar-refractivity contribution in [3.63, 3.8) is 0 Å². The minimum absolute atomic E-state index is 0.525. The van der Waals surface area contributed by atoms with Gasteiger partial charge in [0.25, 0.3) is 0 Å². The van der Waals surface area contributed by atoms with Crippen LogP contribution >= 0.6 is 0 Å². The van der Waals surface area contributed by atoms with Gasteiger partial charge in [0, 0.05) is 13.6 Å². The van der Waals surface area contributed by atoms with Crippen LogP contribution in [0.3, 0.4) is 0 Å². The molecule has 0 unspecified atom stereocenters. The van der Waals surface area contributed by atoms with E-state index in [9.17, 15) is 9.90 Å². The second-order valence-electron chi connectivity index (χ2n) is 4.55. The summed E-state index contributed by atoms with van der Waals surface area (Å²) in [5.41, 5.74) is 1.21. The molecule has 102 valence electrons. The Bertz CT molecular complexity index is 408. The fourth-order valence-corrected chi connectivity index (χ4v) is 2.05. The fraction of sp³-hybridized carbons (Fsp3) is 0.692. The van der Waals surface area contributed by atoms with Gasteiger partial charge < -0.3 is 5.11 Å². The van der Waals surface area contributed by atoms with Gasteiger partial charge in [0.1, 0.15) is 5.54 Å². The van der Waals surface area contributed by atoms with Crippen molar-refractivity contribution >= 4 is 5.97 Å². The van der Waals surface area contributed by atoms with Crippen molar-refractivity contribution in [1.82, 2.24) is 15.1 Å². The standard InChI is InChI=1S/C13H23N3O2/c1-5-10-8-11(16(4)15-10)9-14-13(6-2,7-3)12(17)18/h8,14H,5-7,9H2,1-4H3,(H,17,18). The maximum Gasteiger partial charge on any atom is 0.323 e. The Balaban J connectivity index is 2.78. The van der Waals surface area contributed by atoms with Gasteiger partial charge in [-0.15, -0.1) is 0 Å². The molecule has 1 heterocycles. The lowest BCUT2D eigenvalue weighted by molar-refractivity contribution is -0.145. The zero-order chi connectivity index (χ0) is 13.8. The smallest absolute Gasteiger partial charge is 0.323 e. The van der Waals surface area contributed by atoms with Crippen molar-refractivity contribution in [1.29, 1.82) is 0 Å². The number of nitrogens with zero attached hydrogens (tertiary/aromatic N) is 2. The Morgan fingerprint density at radius 2 is 2.06 bits per heavy atom. The zero-order valence-corrected chi connectivity index (χ0v) is 11.7. The molecule has 0 aromatic carbocycles. The average molecular weight is 253 g/mol. The van der Waals surface area contributed by atoms with Gasteiger partial charge in [0.2, 0.25) is 0 Å². The molecule has 0 saturated heterocycles. The molecule has 0 saturated carbocycles. The Morgan fingerprint density at radius 1 is 1.44 bits per heavy atom. The Kier molecular flexibility index (Phi) is 4.90. The van der Waals surface area contributed by atoms with Gasteiger partial charge in [-0.3, -0.25) is 14.8 Å². The van der Waals surface area contributed by atoms with E-state index < -0.39 is 11.5 Å². The summed E-state index contributed by atoms with van der Waals surface area (Å²) in [5.74, 6) is -0.787. The van der Waals surface area contributed by atoms with Crippen LogP contribution in [0.4, 0.5) is 0 Å². The molecular formula is C13H23N3O2. The normalized spacial score (nSPS) is 11.8. The third-order valence-electron chi connectivity index (χ3n) is 3.61. The monoisotopic (exact) mass is 253 g/mol. The van der Waals surface area contributed by atoms with Crippen LogP contribution in [0.25, 0.3) is 0 Å². The van der Waals surface area contributed by atoms with Crippen molar-refractivity contribution in [3.8, 4) is 0 Å². The highest BCUT2D eigenvalue weighted by molar-refractivity contribution is 5.78. The Hall–Kier alpha value is -1.36. The van der Waals surface area contributed by atoms with E-state index in [1.165, 1.54) is 0 Å². The topological polar surface area (TPSA) is 67.2 Å². The summed E-state index contributed by atoms with van der Waals surface area (Å²) in [6.07, 6.45) is 2.02. The van der Waals surface area contributed by atoms with Crippen molar-refractivity contribution in [2.75, 3.05) is 0 Å². The van der Waals surface area contributed by atoms with Gasteiger partial charge in [0.15, 0.2) is 0 Å². The summed E-state index contributed by atoms with van der Waals surface area (Å²) >= 11 is 0. The number of aliphatic carboxylic acids is 1. The van der Waals surface area contributed by atoms with Crippen molar-refractivity contribution in [2.24, 2.45) is 7.05 Å². The number of carboxylic acids is 1. The molecule has 5 heteroatoms. The van der Waals surface area contributed by atoms with Gasteiger partial charge in [0.05, 0.1) is 11.4 Å². The average Bonchev–Trinajstić information content (AvgIpc) is 2.72. The zero-order valence-electron chi connectivity index (χ0n) is 11.7. The molecule has 2 N–H and O–H groups in total. The number of carboxylic acid groups (broad SMARTS) is 1. The summed E-state index contributed by atoms with van der Waals surface area (Å²) in [4.78, 5) is 11.4. The highest BCUT2D eigenvalue weighted by atomic mass is 16.4. The van der Waals surface area contributed by atoms with E-state index in [2.05, 4.69) is 17.3 Å². The van der Waals surface area contributed by atoms with E-state index in [4.69, 9.17) is 0 Å². The van der Waals surface area contributed by atoms with Crippen LogP contribution in [-0.4, -0.2) is 26.4 Å². The molecule has 1 aromatic rings. The number of rotatable bonds is 7. The highest BCUT2D eigenvalue weighted by Gasteiger charge is 2.34. The van der Waals surface area contributed by atoms with Crippen molar-refractivity contribution in [2.45, 2.75) is 52.1 Å². The predicted molar refractivity (Wildman–Crippen MR) is 70.4 cm³/mol. The first-order valence-corrected chi connectivity index (χ1v) is 6.49. The molecule has 0 bridgehead atoms. The molecule has 18 heavy (non-hydrogen) atoms. The first kappa shape index (κ1) is 14.7. The maximum absolute atomic E-state index is 11.4. The molecule has 0 aliphatic rings. The van der Waals surface area contributed by atoms with Crippen molar-refractivity contribution < 1.29 is 9.90 Å². The number of hydrogen-bond donors (Lipinski definition) is 2. The fourth-order valence-electron chi connectivity index (χ4n) is 2.05. The van der Waals surface area contributed by atoms with Crippen LogP contribution in [0.2, 0.25) is 0 Å². The van der Waals surface area contributed by atoms with Crippen LogP contribution in [0.1, 0.15) is 45.0 Å². The van der Waals surface area contributed by atoms with Crippen LogP contribution < -0.4 is 5.32 Å². The second-order valence-corrected chi connectivity index (χ2v) is 4.55. The van der Waals surface area contributed by atoms with E-state index in [-0.39, 0.29) is 0 Å². The first-order valence-electron chi connectivity index (χ1n) is 6.49. The lowest BCUT2D eigenvalue weighted by Crippen LogP contribution is -2.50. The molecule has 0 atom stereocenters. The summed E-state index contributed by atoms with van der Waals surface area (Å²) in [5, 5.41) is 16.9. The highest BCUT2D eigenvalue weighted by Crippen LogP contribution is 2.16. The molecule has 0 aliphatic carbocycles. The number of nitrogens with one attached hydrogen (secondary N) is 1. The summed E-state index contributed by atoms with van der Waals surface area (Å²) in [7, 11) is 1.89. The van der Waals surface area contributed by atoms with Gasteiger partial charge in [-0.05, 0) is 25.3 Å². The molecule has 0 aliphatic heterocycles. The first-order chi connectivity index (χ1) is 8.49. The second kappa shape index (κ2) is 6.00. The number of hydrogen-bond acceptors (Lipinski definition) is 3. The van der Waals surface area contributed by atoms with Crippen LogP contribution in [0.5, 0.6) is 0 Å². The molecule has 5 nitrogen and oxygen atoms in total. The molecule has 1 aromatic heterocycles. The Labute approximate surface area is 108 Å².